The summed E-state index contributed by atoms with van der Waals surface area (Å²) in [4.78, 5) is 38.8. The van der Waals surface area contributed by atoms with Crippen LogP contribution in [0.3, 0.4) is 0 Å². The summed E-state index contributed by atoms with van der Waals surface area (Å²) in [6.45, 7) is 3.80. The molecule has 1 aliphatic heterocycles. The number of anilines is 1. The van der Waals surface area contributed by atoms with Crippen molar-refractivity contribution < 1.29 is 18.8 Å². The number of hydrogen-bond donors (Lipinski definition) is 1. The van der Waals surface area contributed by atoms with Gasteiger partial charge in [-0.05, 0) is 55.4 Å². The number of thioether (sulfide) groups is 1. The second-order valence-electron chi connectivity index (χ2n) is 7.59. The molecule has 3 aromatic rings. The summed E-state index contributed by atoms with van der Waals surface area (Å²) in [5, 5.41) is 2.98. The minimum Gasteiger partial charge on any atom is -0.344 e. The van der Waals surface area contributed by atoms with Crippen molar-refractivity contribution in [3.05, 3.63) is 71.0 Å². The van der Waals surface area contributed by atoms with Crippen LogP contribution in [-0.4, -0.2) is 33.1 Å². The lowest BCUT2D eigenvalue weighted by atomic mass is 10.1. The van der Waals surface area contributed by atoms with Crippen molar-refractivity contribution in [2.75, 3.05) is 11.9 Å². The Labute approximate surface area is 189 Å². The van der Waals surface area contributed by atoms with Gasteiger partial charge in [0, 0.05) is 34.4 Å². The second-order valence-corrected chi connectivity index (χ2v) is 8.59. The summed E-state index contributed by atoms with van der Waals surface area (Å²) >= 11 is 0.809. The largest absolute Gasteiger partial charge is 0.344 e. The van der Waals surface area contributed by atoms with Crippen LogP contribution in [-0.2, 0) is 9.59 Å². The fourth-order valence-corrected chi connectivity index (χ4v) is 4.43. The van der Waals surface area contributed by atoms with Crippen LogP contribution in [0.4, 0.5) is 14.9 Å². The zero-order valence-electron chi connectivity index (χ0n) is 17.7. The van der Waals surface area contributed by atoms with E-state index in [9.17, 15) is 18.8 Å². The highest BCUT2D eigenvalue weighted by Gasteiger charge is 2.36. The van der Waals surface area contributed by atoms with Crippen LogP contribution in [0.1, 0.15) is 31.9 Å². The van der Waals surface area contributed by atoms with Gasteiger partial charge in [0.15, 0.2) is 0 Å². The number of halogens is 1. The average Bonchev–Trinajstić information content (AvgIpc) is 3.26. The number of rotatable bonds is 6. The minimum absolute atomic E-state index is 0.260. The van der Waals surface area contributed by atoms with Gasteiger partial charge in [-0.1, -0.05) is 31.2 Å². The highest BCUT2D eigenvalue weighted by Crippen LogP contribution is 2.35. The molecule has 2 heterocycles. The molecule has 8 heteroatoms. The van der Waals surface area contributed by atoms with E-state index in [0.29, 0.717) is 0 Å². The lowest BCUT2D eigenvalue weighted by Crippen LogP contribution is -2.36. The van der Waals surface area contributed by atoms with Crippen LogP contribution in [0, 0.1) is 5.82 Å². The zero-order valence-corrected chi connectivity index (χ0v) is 18.5. The molecule has 0 bridgehead atoms. The molecule has 4 rings (SSSR count). The maximum atomic E-state index is 13.3. The van der Waals surface area contributed by atoms with Crippen molar-refractivity contribution in [1.82, 2.24) is 9.47 Å². The highest BCUT2D eigenvalue weighted by molar-refractivity contribution is 8.18. The number of nitrogens with one attached hydrogen (secondary N) is 1. The van der Waals surface area contributed by atoms with Gasteiger partial charge >= 0.3 is 0 Å². The molecule has 6 nitrogen and oxygen atoms in total. The number of para-hydroxylation sites is 1. The summed E-state index contributed by atoms with van der Waals surface area (Å²) in [6, 6.07) is 13.6. The van der Waals surface area contributed by atoms with E-state index >= 15 is 0 Å². The van der Waals surface area contributed by atoms with Gasteiger partial charge in [-0.2, -0.15) is 0 Å². The number of imide groups is 1. The van der Waals surface area contributed by atoms with Crippen LogP contribution in [0.5, 0.6) is 0 Å². The van der Waals surface area contributed by atoms with Gasteiger partial charge in [0.2, 0.25) is 5.91 Å². The van der Waals surface area contributed by atoms with Gasteiger partial charge in [-0.25, -0.2) is 4.39 Å². The van der Waals surface area contributed by atoms with Crippen LogP contribution in [0.25, 0.3) is 17.0 Å². The van der Waals surface area contributed by atoms with Crippen molar-refractivity contribution in [3.63, 3.8) is 0 Å². The maximum Gasteiger partial charge on any atom is 0.294 e. The van der Waals surface area contributed by atoms with Crippen molar-refractivity contribution in [3.8, 4) is 0 Å². The number of carbonyl (C=O) groups is 3. The molecule has 0 aliphatic carbocycles. The number of benzene rings is 2. The Balaban J connectivity index is 1.56. The van der Waals surface area contributed by atoms with Crippen LogP contribution < -0.4 is 5.32 Å². The number of hydrogen-bond acceptors (Lipinski definition) is 4. The van der Waals surface area contributed by atoms with Gasteiger partial charge in [0.25, 0.3) is 11.1 Å². The lowest BCUT2D eigenvalue weighted by molar-refractivity contribution is -0.127. The molecule has 0 unspecified atom stereocenters. The standard InChI is InChI=1S/C24H22FN3O3S/c1-3-15(2)27-13-16(19-9-4-5-10-20(19)27)11-21-23(30)28(24(31)32-21)14-22(29)26-18-8-6-7-17(25)12-18/h4-13,15H,3,14H2,1-2H3,(H,26,29)/b21-11+/t15-/m0/s1. The predicted octanol–water partition coefficient (Wildman–Crippen LogP) is 5.43. The van der Waals surface area contributed by atoms with Crippen molar-refractivity contribution in [2.24, 2.45) is 0 Å². The van der Waals surface area contributed by atoms with E-state index in [2.05, 4.69) is 23.7 Å². The quantitative estimate of drug-likeness (QED) is 0.508. The van der Waals surface area contributed by atoms with E-state index in [-0.39, 0.29) is 16.6 Å². The molecule has 1 aromatic heterocycles. The van der Waals surface area contributed by atoms with E-state index < -0.39 is 29.4 Å². The molecule has 32 heavy (non-hydrogen) atoms. The molecule has 0 saturated carbocycles. The topological polar surface area (TPSA) is 71.4 Å². The number of fused-ring (bicyclic) bond motifs is 1. The van der Waals surface area contributed by atoms with Gasteiger partial charge in [0.1, 0.15) is 12.4 Å². The van der Waals surface area contributed by atoms with E-state index in [1.807, 2.05) is 30.5 Å². The summed E-state index contributed by atoms with van der Waals surface area (Å²) < 4.78 is 15.5. The van der Waals surface area contributed by atoms with Gasteiger partial charge in [-0.15, -0.1) is 0 Å². The van der Waals surface area contributed by atoms with E-state index in [1.165, 1.54) is 24.3 Å². The fourth-order valence-electron chi connectivity index (χ4n) is 3.60. The first-order chi connectivity index (χ1) is 15.4. The molecule has 1 aliphatic rings. The molecule has 0 spiro atoms. The highest BCUT2D eigenvalue weighted by atomic mass is 32.2. The third-order valence-corrected chi connectivity index (χ3v) is 6.31. The third-order valence-electron chi connectivity index (χ3n) is 5.41. The zero-order chi connectivity index (χ0) is 22.8. The van der Waals surface area contributed by atoms with Crippen molar-refractivity contribution in [1.29, 1.82) is 0 Å². The second kappa shape index (κ2) is 9.00. The fraction of sp³-hybridized carbons (Fsp3) is 0.208. The minimum atomic E-state index is -0.576. The maximum absolute atomic E-state index is 13.3. The summed E-state index contributed by atoms with van der Waals surface area (Å²) in [6.07, 6.45) is 4.65. The molecular formula is C24H22FN3O3S. The number of carbonyl (C=O) groups excluding carboxylic acids is 3. The Hall–Kier alpha value is -3.39. The number of amides is 3. The Morgan fingerprint density at radius 2 is 1.97 bits per heavy atom. The monoisotopic (exact) mass is 451 g/mol. The molecule has 1 saturated heterocycles. The first kappa shape index (κ1) is 21.8. The molecule has 164 valence electrons. The summed E-state index contributed by atoms with van der Waals surface area (Å²) in [5.74, 6) is -1.59. The first-order valence-corrected chi connectivity index (χ1v) is 11.1. The van der Waals surface area contributed by atoms with E-state index in [1.54, 1.807) is 6.08 Å². The van der Waals surface area contributed by atoms with Crippen LogP contribution >= 0.6 is 11.8 Å². The molecule has 0 radical (unpaired) electrons. The van der Waals surface area contributed by atoms with E-state index in [4.69, 9.17) is 0 Å². The SMILES string of the molecule is CC[C@H](C)n1cc(/C=C2/SC(=O)N(CC(=O)Nc3cccc(F)c3)C2=O)c2ccccc21. The molecular weight excluding hydrogens is 429 g/mol. The molecule has 1 atom stereocenters. The van der Waals surface area contributed by atoms with Crippen LogP contribution in [0.15, 0.2) is 59.6 Å². The predicted molar refractivity (Wildman–Crippen MR) is 125 cm³/mol. The molecule has 2 aromatic carbocycles. The number of aromatic nitrogens is 1. The average molecular weight is 452 g/mol. The Morgan fingerprint density at radius 1 is 1.19 bits per heavy atom. The Morgan fingerprint density at radius 3 is 2.72 bits per heavy atom. The Kier molecular flexibility index (Phi) is 6.14. The third kappa shape index (κ3) is 4.31. The van der Waals surface area contributed by atoms with Crippen molar-refractivity contribution >= 4 is 51.5 Å². The van der Waals surface area contributed by atoms with Gasteiger partial charge in [-0.3, -0.25) is 19.3 Å². The smallest absolute Gasteiger partial charge is 0.294 e. The van der Waals surface area contributed by atoms with Gasteiger partial charge < -0.3 is 9.88 Å². The van der Waals surface area contributed by atoms with Gasteiger partial charge in [0.05, 0.1) is 4.91 Å². The molecule has 1 fully saturated rings. The van der Waals surface area contributed by atoms with E-state index in [0.717, 1.165) is 39.5 Å². The summed E-state index contributed by atoms with van der Waals surface area (Å²) in [7, 11) is 0. The normalized spacial score (nSPS) is 16.2. The first-order valence-electron chi connectivity index (χ1n) is 10.3. The van der Waals surface area contributed by atoms with Crippen LogP contribution in [0.2, 0.25) is 0 Å². The number of nitrogens with zero attached hydrogens (tertiary/aromatic N) is 2. The molecule has 1 N–H and O–H groups in total. The summed E-state index contributed by atoms with van der Waals surface area (Å²) in [5.41, 5.74) is 2.16. The molecule has 3 amide bonds. The lowest BCUT2D eigenvalue weighted by Gasteiger charge is -2.12. The van der Waals surface area contributed by atoms with Crippen molar-refractivity contribution in [2.45, 2.75) is 26.3 Å². The Bertz CT molecular complexity index is 1250.